The van der Waals surface area contributed by atoms with E-state index in [0.717, 1.165) is 6.42 Å². The third-order valence-electron chi connectivity index (χ3n) is 4.14. The van der Waals surface area contributed by atoms with E-state index in [9.17, 15) is 0 Å². The molecule has 1 aliphatic rings. The molecule has 24 heavy (non-hydrogen) atoms. The van der Waals surface area contributed by atoms with Crippen LogP contribution in [0, 0.1) is 11.5 Å². The molecule has 0 aromatic carbocycles. The van der Waals surface area contributed by atoms with Crippen molar-refractivity contribution >= 4 is 33.5 Å². The van der Waals surface area contributed by atoms with Crippen molar-refractivity contribution in [2.24, 2.45) is 0 Å². The third kappa shape index (κ3) is 5.93. The predicted molar refractivity (Wildman–Crippen MR) is 116 cm³/mol. The lowest BCUT2D eigenvalue weighted by molar-refractivity contribution is 0.138. The summed E-state index contributed by atoms with van der Waals surface area (Å²) in [6.07, 6.45) is 0.888. The van der Waals surface area contributed by atoms with Gasteiger partial charge in [-0.25, -0.2) is 0 Å². The summed E-state index contributed by atoms with van der Waals surface area (Å²) in [7, 11) is -7.68. The number of nitrogens with one attached hydrogen (secondary N) is 3. The number of rotatable bonds is 5. The molecule has 0 spiro atoms. The molecule has 1 heterocycles. The van der Waals surface area contributed by atoms with Gasteiger partial charge in [0.05, 0.1) is 0 Å². The van der Waals surface area contributed by atoms with E-state index in [0.29, 0.717) is 0 Å². The van der Waals surface area contributed by atoms with Crippen molar-refractivity contribution in [3.8, 4) is 11.5 Å². The van der Waals surface area contributed by atoms with E-state index in [1.807, 2.05) is 0 Å². The van der Waals surface area contributed by atoms with E-state index in [4.69, 9.17) is 4.43 Å². The number of hydrogen-bond acceptors (Lipinski definition) is 4. The fourth-order valence-corrected chi connectivity index (χ4v) is 22.3. The molecule has 1 fully saturated rings. The third-order valence-corrected chi connectivity index (χ3v) is 19.8. The summed E-state index contributed by atoms with van der Waals surface area (Å²) in [5.41, 5.74) is 7.33. The Morgan fingerprint density at radius 3 is 1.83 bits per heavy atom. The summed E-state index contributed by atoms with van der Waals surface area (Å²) in [6.45, 7) is 25.7. The molecule has 1 aliphatic heterocycles. The maximum absolute atomic E-state index is 6.37. The molecule has 0 bridgehead atoms. The van der Waals surface area contributed by atoms with Gasteiger partial charge in [-0.2, -0.15) is 0 Å². The van der Waals surface area contributed by atoms with E-state index in [1.54, 1.807) is 0 Å². The summed E-state index contributed by atoms with van der Waals surface area (Å²) >= 11 is 0. The lowest BCUT2D eigenvalue weighted by Gasteiger charge is -2.48. The molecule has 0 amide bonds. The molecule has 0 aromatic rings. The SMILES string of the molecule is C=C[Si]1(C)N[Si](C)(C#CC(C)(CC)O[Si](C)(C)C)N[Si](C)(C=C)N1. The van der Waals surface area contributed by atoms with Crippen molar-refractivity contribution in [2.45, 2.75) is 65.2 Å². The largest absolute Gasteiger partial charge is 0.402 e. The zero-order valence-corrected chi connectivity index (χ0v) is 20.7. The van der Waals surface area contributed by atoms with Gasteiger partial charge in [-0.1, -0.05) is 29.8 Å². The van der Waals surface area contributed by atoms with Crippen molar-refractivity contribution in [3.05, 3.63) is 24.6 Å². The second kappa shape index (κ2) is 7.17. The van der Waals surface area contributed by atoms with Crippen LogP contribution < -0.4 is 13.9 Å². The van der Waals surface area contributed by atoms with Crippen molar-refractivity contribution in [2.75, 3.05) is 0 Å². The maximum atomic E-state index is 6.37. The molecule has 3 N–H and O–H groups in total. The molecule has 0 aromatic heterocycles. The first-order chi connectivity index (χ1) is 10.7. The van der Waals surface area contributed by atoms with Crippen LogP contribution in [0.4, 0.5) is 0 Å². The minimum Gasteiger partial charge on any atom is -0.402 e. The highest BCUT2D eigenvalue weighted by atomic mass is 28.5. The fraction of sp³-hybridized carbons (Fsp3) is 0.625. The molecule has 1 rings (SSSR count). The van der Waals surface area contributed by atoms with Crippen LogP contribution >= 0.6 is 0 Å². The average Bonchev–Trinajstić information content (AvgIpc) is 2.43. The van der Waals surface area contributed by atoms with Crippen LogP contribution in [0.5, 0.6) is 0 Å². The molecule has 0 aliphatic carbocycles. The highest BCUT2D eigenvalue weighted by molar-refractivity contribution is 7.10. The first-order valence-corrected chi connectivity index (χ1v) is 19.7. The van der Waals surface area contributed by atoms with E-state index >= 15 is 0 Å². The van der Waals surface area contributed by atoms with Crippen molar-refractivity contribution in [1.82, 2.24) is 13.9 Å². The van der Waals surface area contributed by atoms with Gasteiger partial charge < -0.3 is 18.4 Å². The Morgan fingerprint density at radius 1 is 1.04 bits per heavy atom. The van der Waals surface area contributed by atoms with Crippen LogP contribution in [-0.2, 0) is 4.43 Å². The minimum atomic E-state index is -2.16. The predicted octanol–water partition coefficient (Wildman–Crippen LogP) is 3.00. The summed E-state index contributed by atoms with van der Waals surface area (Å²) in [6, 6.07) is 0. The quantitative estimate of drug-likeness (QED) is 0.493. The Morgan fingerprint density at radius 2 is 1.50 bits per heavy atom. The second-order valence-electron chi connectivity index (χ2n) is 8.36. The van der Waals surface area contributed by atoms with Crippen LogP contribution in [0.3, 0.4) is 0 Å². The van der Waals surface area contributed by atoms with Gasteiger partial charge in [-0.05, 0) is 52.6 Å². The van der Waals surface area contributed by atoms with Crippen LogP contribution in [0.1, 0.15) is 20.3 Å². The first-order valence-electron chi connectivity index (χ1n) is 8.61. The van der Waals surface area contributed by atoms with Crippen LogP contribution in [-0.4, -0.2) is 39.1 Å². The maximum Gasteiger partial charge on any atom is 0.270 e. The van der Waals surface area contributed by atoms with Gasteiger partial charge in [0.15, 0.2) is 8.32 Å². The highest BCUT2D eigenvalue weighted by Crippen LogP contribution is 2.21. The van der Waals surface area contributed by atoms with E-state index in [1.165, 1.54) is 0 Å². The molecular weight excluding hydrogens is 363 g/mol. The van der Waals surface area contributed by atoms with Crippen LogP contribution in [0.25, 0.3) is 0 Å². The molecule has 136 valence electrons. The van der Waals surface area contributed by atoms with Gasteiger partial charge in [-0.15, -0.1) is 13.2 Å². The number of hydrogen-bond donors (Lipinski definition) is 3. The molecule has 0 radical (unpaired) electrons. The molecule has 3 atom stereocenters. The molecular formula is C16H35N3OSi4. The second-order valence-corrected chi connectivity index (χ2v) is 23.9. The van der Waals surface area contributed by atoms with Gasteiger partial charge in [0.1, 0.15) is 5.60 Å². The van der Waals surface area contributed by atoms with Crippen molar-refractivity contribution in [3.63, 3.8) is 0 Å². The standard InChI is InChI=1S/C16H35N3OSi4/c1-11-16(4,20-21(5,6)7)14-15-24(10)18-22(8,12-2)17-23(9,13-3)19-24/h12-13,17-19H,2-3,11H2,1,4-10H3. The Balaban J connectivity index is 3.19. The molecule has 1 saturated heterocycles. The van der Waals surface area contributed by atoms with Gasteiger partial charge in [0.2, 0.25) is 16.8 Å². The molecule has 4 nitrogen and oxygen atoms in total. The monoisotopic (exact) mass is 397 g/mol. The highest BCUT2D eigenvalue weighted by Gasteiger charge is 2.49. The van der Waals surface area contributed by atoms with Crippen LogP contribution in [0.15, 0.2) is 24.6 Å². The van der Waals surface area contributed by atoms with Gasteiger partial charge >= 0.3 is 0 Å². The Hall–Kier alpha value is -0.252. The van der Waals surface area contributed by atoms with Gasteiger partial charge in [0, 0.05) is 0 Å². The molecule has 8 heteroatoms. The Labute approximate surface area is 153 Å². The summed E-state index contributed by atoms with van der Waals surface area (Å²) in [5.74, 6) is 3.48. The Kier molecular flexibility index (Phi) is 6.51. The van der Waals surface area contributed by atoms with Gasteiger partial charge in [-0.3, -0.25) is 0 Å². The van der Waals surface area contributed by atoms with Crippen LogP contribution in [0.2, 0.25) is 39.3 Å². The summed E-state index contributed by atoms with van der Waals surface area (Å²) in [4.78, 5) is 0. The van der Waals surface area contributed by atoms with E-state index < -0.39 is 33.5 Å². The van der Waals surface area contributed by atoms with Gasteiger partial charge in [0.25, 0.3) is 8.40 Å². The van der Waals surface area contributed by atoms with E-state index in [2.05, 4.69) is 103 Å². The summed E-state index contributed by atoms with van der Waals surface area (Å²) < 4.78 is 17.8. The van der Waals surface area contributed by atoms with Crippen molar-refractivity contribution in [1.29, 1.82) is 0 Å². The minimum absolute atomic E-state index is 0.382. The fourth-order valence-electron chi connectivity index (χ4n) is 3.06. The first kappa shape index (κ1) is 21.8. The normalized spacial score (nSPS) is 36.2. The smallest absolute Gasteiger partial charge is 0.270 e. The Bertz CT molecular complexity index is 546. The summed E-state index contributed by atoms with van der Waals surface area (Å²) in [5, 5.41) is 0. The molecule has 3 unspecified atom stereocenters. The lowest BCUT2D eigenvalue weighted by Crippen LogP contribution is -2.89. The zero-order chi connectivity index (χ0) is 18.9. The molecule has 0 saturated carbocycles. The lowest BCUT2D eigenvalue weighted by atomic mass is 10.1. The van der Waals surface area contributed by atoms with E-state index in [-0.39, 0.29) is 5.60 Å². The topological polar surface area (TPSA) is 45.3 Å². The zero-order valence-electron chi connectivity index (χ0n) is 16.7. The van der Waals surface area contributed by atoms with Crippen molar-refractivity contribution < 1.29 is 4.43 Å². The average molecular weight is 398 g/mol.